The van der Waals surface area contributed by atoms with E-state index < -0.39 is 0 Å². The van der Waals surface area contributed by atoms with Crippen LogP contribution in [0.1, 0.15) is 18.9 Å². The highest BCUT2D eigenvalue weighted by molar-refractivity contribution is 5.90. The number of anilines is 1. The van der Waals surface area contributed by atoms with Crippen molar-refractivity contribution >= 4 is 17.5 Å². The third kappa shape index (κ3) is 6.01. The van der Waals surface area contributed by atoms with E-state index in [0.29, 0.717) is 26.0 Å². The first-order valence-corrected chi connectivity index (χ1v) is 6.30. The largest absolute Gasteiger partial charge is 0.383 e. The molecule has 0 atom stereocenters. The predicted molar refractivity (Wildman–Crippen MR) is 74.0 cm³/mol. The number of nitrogens with one attached hydrogen (secondary N) is 2. The highest BCUT2D eigenvalue weighted by Gasteiger charge is 2.03. The van der Waals surface area contributed by atoms with Crippen LogP contribution in [0, 0.1) is 0 Å². The Morgan fingerprint density at radius 1 is 1.16 bits per heavy atom. The van der Waals surface area contributed by atoms with E-state index in [4.69, 9.17) is 4.74 Å². The third-order valence-electron chi connectivity index (χ3n) is 2.55. The molecule has 2 N–H and O–H groups in total. The maximum Gasteiger partial charge on any atom is 0.224 e. The van der Waals surface area contributed by atoms with E-state index >= 15 is 0 Å². The number of amides is 2. The van der Waals surface area contributed by atoms with E-state index in [-0.39, 0.29) is 11.8 Å². The van der Waals surface area contributed by atoms with E-state index in [0.717, 1.165) is 11.3 Å². The summed E-state index contributed by atoms with van der Waals surface area (Å²) < 4.78 is 4.85. The van der Waals surface area contributed by atoms with Gasteiger partial charge < -0.3 is 15.4 Å². The molecule has 5 heteroatoms. The highest BCUT2D eigenvalue weighted by atomic mass is 16.5. The van der Waals surface area contributed by atoms with Gasteiger partial charge in [-0.25, -0.2) is 0 Å². The molecule has 19 heavy (non-hydrogen) atoms. The van der Waals surface area contributed by atoms with Crippen molar-refractivity contribution < 1.29 is 14.3 Å². The number of methoxy groups -OCH3 is 1. The van der Waals surface area contributed by atoms with Crippen molar-refractivity contribution in [2.45, 2.75) is 19.8 Å². The minimum absolute atomic E-state index is 0.0231. The summed E-state index contributed by atoms with van der Waals surface area (Å²) >= 11 is 0. The molecule has 0 unspecified atom stereocenters. The number of ether oxygens (including phenoxy) is 1. The van der Waals surface area contributed by atoms with Gasteiger partial charge in [-0.15, -0.1) is 0 Å². The van der Waals surface area contributed by atoms with Crippen LogP contribution in [0.3, 0.4) is 0 Å². The molecule has 104 valence electrons. The third-order valence-corrected chi connectivity index (χ3v) is 2.55. The van der Waals surface area contributed by atoms with Gasteiger partial charge in [-0.2, -0.15) is 0 Å². The van der Waals surface area contributed by atoms with Crippen LogP contribution in [0.4, 0.5) is 5.69 Å². The molecule has 0 aliphatic rings. The summed E-state index contributed by atoms with van der Waals surface area (Å²) in [6.45, 7) is 2.82. The molecule has 1 aromatic carbocycles. The topological polar surface area (TPSA) is 67.4 Å². The average Bonchev–Trinajstić information content (AvgIpc) is 2.41. The summed E-state index contributed by atoms with van der Waals surface area (Å²) in [6, 6.07) is 7.26. The lowest BCUT2D eigenvalue weighted by atomic mass is 10.1. The standard InChI is InChI=1S/C14H20N2O3/c1-3-13(17)16-12-6-4-11(5-7-12)10-14(18)15-8-9-19-2/h4-7H,3,8-10H2,1-2H3,(H,15,18)(H,16,17). The number of hydrogen-bond donors (Lipinski definition) is 2. The Kier molecular flexibility index (Phi) is 6.60. The van der Waals surface area contributed by atoms with E-state index in [1.165, 1.54) is 0 Å². The predicted octanol–water partition coefficient (Wildman–Crippen LogP) is 1.34. The Labute approximate surface area is 113 Å². The van der Waals surface area contributed by atoms with Crippen LogP contribution in [0.25, 0.3) is 0 Å². The molecular formula is C14H20N2O3. The van der Waals surface area contributed by atoms with E-state index in [1.807, 2.05) is 12.1 Å². The summed E-state index contributed by atoms with van der Waals surface area (Å²) in [6.07, 6.45) is 0.773. The van der Waals surface area contributed by atoms with Crippen molar-refractivity contribution in [2.24, 2.45) is 0 Å². The molecule has 0 aromatic heterocycles. The van der Waals surface area contributed by atoms with Crippen molar-refractivity contribution in [3.05, 3.63) is 29.8 Å². The normalized spacial score (nSPS) is 10.0. The quantitative estimate of drug-likeness (QED) is 0.730. The van der Waals surface area contributed by atoms with Crippen LogP contribution in [0.2, 0.25) is 0 Å². The molecule has 0 heterocycles. The zero-order valence-corrected chi connectivity index (χ0v) is 11.4. The highest BCUT2D eigenvalue weighted by Crippen LogP contribution is 2.10. The maximum absolute atomic E-state index is 11.6. The fourth-order valence-corrected chi connectivity index (χ4v) is 1.50. The maximum atomic E-state index is 11.6. The van der Waals surface area contributed by atoms with E-state index in [1.54, 1.807) is 26.2 Å². The van der Waals surface area contributed by atoms with Crippen LogP contribution in [-0.2, 0) is 20.7 Å². The number of hydrogen-bond acceptors (Lipinski definition) is 3. The fourth-order valence-electron chi connectivity index (χ4n) is 1.50. The van der Waals surface area contributed by atoms with Gasteiger partial charge >= 0.3 is 0 Å². The Morgan fingerprint density at radius 3 is 2.42 bits per heavy atom. The second kappa shape index (κ2) is 8.26. The van der Waals surface area contributed by atoms with Crippen LogP contribution in [0.15, 0.2) is 24.3 Å². The van der Waals surface area contributed by atoms with Gasteiger partial charge in [0.05, 0.1) is 13.0 Å². The molecule has 5 nitrogen and oxygen atoms in total. The minimum atomic E-state index is -0.0395. The first-order valence-electron chi connectivity index (χ1n) is 6.30. The van der Waals surface area contributed by atoms with Crippen LogP contribution < -0.4 is 10.6 Å². The van der Waals surface area contributed by atoms with Gasteiger partial charge in [0.2, 0.25) is 11.8 Å². The molecule has 0 radical (unpaired) electrons. The summed E-state index contributed by atoms with van der Waals surface area (Å²) in [5.74, 6) is -0.0625. The lowest BCUT2D eigenvalue weighted by molar-refractivity contribution is -0.120. The van der Waals surface area contributed by atoms with Crippen LogP contribution in [-0.4, -0.2) is 32.1 Å². The lowest BCUT2D eigenvalue weighted by Crippen LogP contribution is -2.28. The molecule has 1 rings (SSSR count). The molecular weight excluding hydrogens is 244 g/mol. The second-order valence-electron chi connectivity index (χ2n) is 4.12. The van der Waals surface area contributed by atoms with Gasteiger partial charge in [-0.1, -0.05) is 19.1 Å². The van der Waals surface area contributed by atoms with Crippen molar-refractivity contribution in [1.82, 2.24) is 5.32 Å². The number of carbonyl (C=O) groups is 2. The summed E-state index contributed by atoms with van der Waals surface area (Å²) in [5, 5.41) is 5.51. The van der Waals surface area contributed by atoms with E-state index in [2.05, 4.69) is 10.6 Å². The van der Waals surface area contributed by atoms with E-state index in [9.17, 15) is 9.59 Å². The van der Waals surface area contributed by atoms with Gasteiger partial charge in [0.25, 0.3) is 0 Å². The molecule has 0 aliphatic carbocycles. The molecule has 0 bridgehead atoms. The summed E-state index contributed by atoms with van der Waals surface area (Å²) in [7, 11) is 1.59. The molecule has 1 aromatic rings. The SMILES string of the molecule is CCC(=O)Nc1ccc(CC(=O)NCCOC)cc1. The Morgan fingerprint density at radius 2 is 1.84 bits per heavy atom. The smallest absolute Gasteiger partial charge is 0.224 e. The Hall–Kier alpha value is -1.88. The summed E-state index contributed by atoms with van der Waals surface area (Å²) in [5.41, 5.74) is 1.65. The molecule has 0 spiro atoms. The molecule has 0 saturated carbocycles. The number of carbonyl (C=O) groups excluding carboxylic acids is 2. The van der Waals surface area contributed by atoms with Crippen molar-refractivity contribution in [1.29, 1.82) is 0 Å². The molecule has 2 amide bonds. The molecule has 0 saturated heterocycles. The van der Waals surface area contributed by atoms with Crippen molar-refractivity contribution in [3.8, 4) is 0 Å². The fraction of sp³-hybridized carbons (Fsp3) is 0.429. The summed E-state index contributed by atoms with van der Waals surface area (Å²) in [4.78, 5) is 22.8. The first-order chi connectivity index (χ1) is 9.15. The lowest BCUT2D eigenvalue weighted by Gasteiger charge is -2.06. The van der Waals surface area contributed by atoms with Gasteiger partial charge in [-0.05, 0) is 17.7 Å². The van der Waals surface area contributed by atoms with Crippen LogP contribution >= 0.6 is 0 Å². The average molecular weight is 264 g/mol. The Balaban J connectivity index is 2.43. The minimum Gasteiger partial charge on any atom is -0.383 e. The van der Waals surface area contributed by atoms with Crippen molar-refractivity contribution in [3.63, 3.8) is 0 Å². The van der Waals surface area contributed by atoms with Gasteiger partial charge in [0.1, 0.15) is 0 Å². The molecule has 0 aliphatic heterocycles. The van der Waals surface area contributed by atoms with Crippen LogP contribution in [0.5, 0.6) is 0 Å². The molecule has 0 fully saturated rings. The second-order valence-corrected chi connectivity index (χ2v) is 4.12. The van der Waals surface area contributed by atoms with Crippen molar-refractivity contribution in [2.75, 3.05) is 25.6 Å². The zero-order valence-electron chi connectivity index (χ0n) is 11.4. The van der Waals surface area contributed by atoms with Gasteiger partial charge in [0, 0.05) is 25.8 Å². The number of benzene rings is 1. The number of rotatable bonds is 7. The first kappa shape index (κ1) is 15.2. The van der Waals surface area contributed by atoms with Gasteiger partial charge in [-0.3, -0.25) is 9.59 Å². The monoisotopic (exact) mass is 264 g/mol. The zero-order chi connectivity index (χ0) is 14.1. The van der Waals surface area contributed by atoms with Gasteiger partial charge in [0.15, 0.2) is 0 Å². The Bertz CT molecular complexity index is 415.